The quantitative estimate of drug-likeness (QED) is 0.0677. The number of fused-ring (bicyclic) bond motifs is 2. The second kappa shape index (κ2) is 24.0. The van der Waals surface area contributed by atoms with Crippen LogP contribution in [0.1, 0.15) is 109 Å². The number of thiazole rings is 1. The monoisotopic (exact) mass is 1150 g/mol. The second-order valence-corrected chi connectivity index (χ2v) is 25.9. The third-order valence-corrected chi connectivity index (χ3v) is 19.8. The first-order valence-corrected chi connectivity index (χ1v) is 31.0. The molecule has 83 heavy (non-hydrogen) atoms. The van der Waals surface area contributed by atoms with Crippen molar-refractivity contribution in [3.8, 4) is 33.3 Å². The minimum Gasteiger partial charge on any atom is -0.507 e. The maximum atomic E-state index is 14.5. The Hall–Kier alpha value is -6.87. The summed E-state index contributed by atoms with van der Waals surface area (Å²) in [5, 5.41) is 37.6. The third kappa shape index (κ3) is 12.0. The van der Waals surface area contributed by atoms with Gasteiger partial charge in [-0.2, -0.15) is 0 Å². The average Bonchev–Trinajstić information content (AvgIpc) is 4.41. The van der Waals surface area contributed by atoms with Crippen LogP contribution in [-0.4, -0.2) is 163 Å². The largest absolute Gasteiger partial charge is 0.507 e. The number of anilines is 4. The number of nitrogens with two attached hydrogens (primary N) is 1. The van der Waals surface area contributed by atoms with Gasteiger partial charge in [0.15, 0.2) is 17.4 Å². The molecule has 6 fully saturated rings. The van der Waals surface area contributed by atoms with E-state index in [1.165, 1.54) is 0 Å². The van der Waals surface area contributed by atoms with Crippen molar-refractivity contribution in [2.75, 3.05) is 79.3 Å². The Morgan fingerprint density at radius 1 is 0.843 bits per heavy atom. The number of hydrogen-bond donors (Lipinski definition) is 4. The number of carbonyl (C=O) groups excluding carboxylic acids is 2. The standard InChI is InChI=1S/C63H81N13O6S/c1-37(2)59(63(80)75-35-49(77)26-54(75)62(79)67-40(5)44-11-13-45(14-12-44)60-41(6)66-36-83-60)56-28-57(70-82-56)72-21-18-42(19-22-72)31-71-29-38(3)74(39(4)30-71)32-43-23-50(24-43)81-58-25-46(17-20-65-58)76-47-15-16-48(76)34-73(33-47)53-27-52(68-69-61(53)64)51-9-7-8-10-55(51)78/h7-14,17,20,25,27-28,36-40,42-43,47-50,54,59,77-78H,15-16,18-19,21-24,26,29-35H2,1-6H3,(H2,64,69)(H,67,79)/t38?,39?,40-,43?,47+,48?,49+,50?,54-,59+/m0/s1. The second-order valence-electron chi connectivity index (χ2n) is 25.0. The van der Waals surface area contributed by atoms with Crippen molar-refractivity contribution in [3.63, 3.8) is 0 Å². The van der Waals surface area contributed by atoms with Crippen LogP contribution in [-0.2, 0) is 9.59 Å². The van der Waals surface area contributed by atoms with Crippen molar-refractivity contribution in [1.29, 1.82) is 0 Å². The zero-order chi connectivity index (χ0) is 57.6. The van der Waals surface area contributed by atoms with Gasteiger partial charge in [-0.05, 0) is 119 Å². The molecule has 0 spiro atoms. The number of nitrogen functional groups attached to an aromatic ring is 1. The molecule has 5 N–H and O–H groups in total. The first kappa shape index (κ1) is 56.6. The number of benzene rings is 2. The summed E-state index contributed by atoms with van der Waals surface area (Å²) in [7, 11) is 0. The number of rotatable bonds is 17. The highest BCUT2D eigenvalue weighted by Gasteiger charge is 2.45. The molecule has 2 bridgehead atoms. The van der Waals surface area contributed by atoms with E-state index in [4.69, 9.17) is 15.0 Å². The van der Waals surface area contributed by atoms with E-state index < -0.39 is 18.1 Å². The minimum atomic E-state index is -0.802. The van der Waals surface area contributed by atoms with E-state index in [1.807, 2.05) is 87.9 Å². The van der Waals surface area contributed by atoms with Crippen molar-refractivity contribution in [2.24, 2.45) is 17.8 Å². The molecule has 0 radical (unpaired) electrons. The van der Waals surface area contributed by atoms with Gasteiger partial charge in [-0.15, -0.1) is 21.5 Å². The van der Waals surface area contributed by atoms with Gasteiger partial charge in [0.05, 0.1) is 39.6 Å². The first-order chi connectivity index (χ1) is 40.1. The summed E-state index contributed by atoms with van der Waals surface area (Å²) in [5.74, 6) is 2.38. The summed E-state index contributed by atoms with van der Waals surface area (Å²) in [6.07, 6.45) is 7.78. The summed E-state index contributed by atoms with van der Waals surface area (Å²) >= 11 is 1.60. The number of carbonyl (C=O) groups is 2. The first-order valence-electron chi connectivity index (χ1n) is 30.2. The Bertz CT molecular complexity index is 3210. The molecular weight excluding hydrogens is 1070 g/mol. The van der Waals surface area contributed by atoms with E-state index in [2.05, 4.69) is 81.1 Å². The fraction of sp³-hybridized carbons (Fsp3) is 0.540. The van der Waals surface area contributed by atoms with Gasteiger partial charge in [0, 0.05) is 119 Å². The summed E-state index contributed by atoms with van der Waals surface area (Å²) < 4.78 is 12.6. The number of nitrogens with one attached hydrogen (secondary N) is 1. The number of aliphatic hydroxyl groups is 1. The molecular formula is C63H81N13O6S. The molecule has 5 saturated heterocycles. The fourth-order valence-corrected chi connectivity index (χ4v) is 15.2. The van der Waals surface area contributed by atoms with Gasteiger partial charge < -0.3 is 50.1 Å². The lowest BCUT2D eigenvalue weighted by Gasteiger charge is -2.48. The van der Waals surface area contributed by atoms with Crippen LogP contribution < -0.4 is 30.5 Å². The maximum Gasteiger partial charge on any atom is 0.243 e. The van der Waals surface area contributed by atoms with E-state index in [9.17, 15) is 19.8 Å². The van der Waals surface area contributed by atoms with Gasteiger partial charge >= 0.3 is 0 Å². The molecule has 5 aliphatic heterocycles. The fourth-order valence-electron chi connectivity index (χ4n) is 14.4. The number of amides is 2. The van der Waals surface area contributed by atoms with E-state index in [1.54, 1.807) is 28.4 Å². The number of likely N-dealkylation sites (tertiary alicyclic amines) is 1. The molecule has 440 valence electrons. The number of nitrogens with zero attached hydrogens (tertiary/aromatic N) is 11. The van der Waals surface area contributed by atoms with Gasteiger partial charge in [-0.25, -0.2) is 9.97 Å². The Labute approximate surface area is 491 Å². The Morgan fingerprint density at radius 2 is 1.58 bits per heavy atom. The van der Waals surface area contributed by atoms with Crippen LogP contribution in [0.25, 0.3) is 21.7 Å². The van der Waals surface area contributed by atoms with Crippen LogP contribution in [0.15, 0.2) is 89.0 Å². The number of β-amino-alcohol motifs (C(OH)–C–C–N with tert-alkyl or cyclic N) is 1. The van der Waals surface area contributed by atoms with E-state index in [0.29, 0.717) is 64.7 Å². The van der Waals surface area contributed by atoms with Gasteiger partial charge in [-0.1, -0.05) is 55.4 Å². The molecule has 6 aliphatic rings. The molecule has 20 heteroatoms. The van der Waals surface area contributed by atoms with Crippen molar-refractivity contribution in [2.45, 2.75) is 141 Å². The molecule has 12 rings (SSSR count). The number of aromatic nitrogens is 5. The molecule has 1 saturated carbocycles. The van der Waals surface area contributed by atoms with Gasteiger partial charge in [0.2, 0.25) is 17.7 Å². The zero-order valence-corrected chi connectivity index (χ0v) is 49.6. The smallest absolute Gasteiger partial charge is 0.243 e. The summed E-state index contributed by atoms with van der Waals surface area (Å²) in [6, 6.07) is 23.9. The predicted molar refractivity (Wildman–Crippen MR) is 322 cm³/mol. The number of aryl methyl sites for hydroxylation is 1. The Balaban J connectivity index is 0.580. The molecule has 19 nitrogen and oxygen atoms in total. The number of phenolic OH excluding ortho intramolecular Hbond substituents is 1. The molecule has 4 aromatic heterocycles. The Kier molecular flexibility index (Phi) is 16.4. The number of para-hydroxylation sites is 1. The molecule has 9 heterocycles. The molecule has 8 atom stereocenters. The van der Waals surface area contributed by atoms with Crippen molar-refractivity contribution >= 4 is 46.2 Å². The topological polar surface area (TPSA) is 219 Å². The van der Waals surface area contributed by atoms with E-state index in [-0.39, 0.29) is 48.6 Å². The zero-order valence-electron chi connectivity index (χ0n) is 48.8. The van der Waals surface area contributed by atoms with Crippen LogP contribution in [0.2, 0.25) is 0 Å². The van der Waals surface area contributed by atoms with Crippen molar-refractivity contribution in [3.05, 3.63) is 102 Å². The summed E-state index contributed by atoms with van der Waals surface area (Å²) in [4.78, 5) is 52.6. The number of aromatic hydroxyl groups is 1. The summed E-state index contributed by atoms with van der Waals surface area (Å²) in [5.41, 5.74) is 14.5. The van der Waals surface area contributed by atoms with Crippen LogP contribution in [0.3, 0.4) is 0 Å². The molecule has 6 aromatic rings. The highest BCUT2D eigenvalue weighted by atomic mass is 32.1. The SMILES string of the molecule is Cc1ncsc1-c1ccc([C@H](C)NC(=O)[C@@H]2C[C@@H](O)CN2C(=O)[C@@H](c2cc(N3CCC(CN4CC(C)N(CC5CC(Oc6cc(N7C8CC[C@@H]7CN(c7cc(-c9ccccc9O)nnc7N)C8)ccn6)C5)C(C)C4)CC3)no2)C(C)C)cc1. The van der Waals surface area contributed by atoms with Crippen LogP contribution in [0.4, 0.5) is 23.0 Å². The van der Waals surface area contributed by atoms with E-state index in [0.717, 1.165) is 130 Å². The van der Waals surface area contributed by atoms with Gasteiger partial charge in [0.1, 0.15) is 23.8 Å². The minimum absolute atomic E-state index is 0.0863. The number of hydrogen-bond acceptors (Lipinski definition) is 18. The van der Waals surface area contributed by atoms with Crippen molar-refractivity contribution in [1.82, 2.24) is 45.3 Å². The molecule has 2 aromatic carbocycles. The predicted octanol–water partition coefficient (Wildman–Crippen LogP) is 8.15. The van der Waals surface area contributed by atoms with Crippen LogP contribution in [0, 0.1) is 24.7 Å². The lowest BCUT2D eigenvalue weighted by molar-refractivity contribution is -0.141. The van der Waals surface area contributed by atoms with E-state index >= 15 is 0 Å². The lowest BCUT2D eigenvalue weighted by Crippen LogP contribution is -2.59. The highest BCUT2D eigenvalue weighted by Crippen LogP contribution is 2.42. The Morgan fingerprint density at radius 3 is 2.28 bits per heavy atom. The van der Waals surface area contributed by atoms with Gasteiger partial charge in [0.25, 0.3) is 0 Å². The highest BCUT2D eigenvalue weighted by molar-refractivity contribution is 7.13. The molecule has 2 amide bonds. The summed E-state index contributed by atoms with van der Waals surface area (Å²) in [6.45, 7) is 20.4. The average molecular weight is 1150 g/mol. The lowest BCUT2D eigenvalue weighted by atomic mass is 9.81. The van der Waals surface area contributed by atoms with Crippen LogP contribution in [0.5, 0.6) is 11.6 Å². The van der Waals surface area contributed by atoms with Crippen molar-refractivity contribution < 1.29 is 29.1 Å². The number of phenols is 1. The third-order valence-electron chi connectivity index (χ3n) is 18.8. The number of piperidine rings is 1. The number of ether oxygens (including phenoxy) is 1. The maximum absolute atomic E-state index is 14.5. The number of pyridine rings is 1. The molecule has 1 aliphatic carbocycles. The molecule has 3 unspecified atom stereocenters. The number of piperazine rings is 2. The number of aliphatic hydroxyl groups excluding tert-OH is 1. The normalized spacial score (nSPS) is 25.9. The van der Waals surface area contributed by atoms with Crippen LogP contribution >= 0.6 is 11.3 Å². The van der Waals surface area contributed by atoms with Gasteiger partial charge in [-0.3, -0.25) is 19.4 Å².